The second-order valence-electron chi connectivity index (χ2n) is 8.11. The zero-order valence-corrected chi connectivity index (χ0v) is 17.7. The highest BCUT2D eigenvalue weighted by Crippen LogP contribution is 2.55. The molecule has 2 aromatic rings. The smallest absolute Gasteiger partial charge is 0.334 e. The molecule has 0 spiro atoms. The molecule has 0 fully saturated rings. The third-order valence-electron chi connectivity index (χ3n) is 5.94. The van der Waals surface area contributed by atoms with Crippen molar-refractivity contribution in [2.45, 2.75) is 44.7 Å². The maximum atomic E-state index is 11.9. The number of fused-ring (bicyclic) bond motifs is 3. The third-order valence-corrected chi connectivity index (χ3v) is 5.94. The lowest BCUT2D eigenvalue weighted by Gasteiger charge is -2.43. The number of benzene rings is 2. The molecule has 33 heavy (non-hydrogen) atoms. The normalized spacial score (nSPS) is 26.0. The van der Waals surface area contributed by atoms with Crippen LogP contribution in [-0.2, 0) is 19.1 Å². The summed E-state index contributed by atoms with van der Waals surface area (Å²) in [6.45, 7) is 3.26. The number of rotatable bonds is 2. The van der Waals surface area contributed by atoms with Gasteiger partial charge in [0.15, 0.2) is 12.2 Å². The van der Waals surface area contributed by atoms with Gasteiger partial charge in [-0.2, -0.15) is 4.79 Å². The van der Waals surface area contributed by atoms with Crippen molar-refractivity contribution in [2.24, 2.45) is 0 Å². The molecule has 0 bridgehead atoms. The highest BCUT2D eigenvalue weighted by molar-refractivity contribution is 6.27. The number of phenols is 3. The summed E-state index contributed by atoms with van der Waals surface area (Å²) in [5, 5.41) is 54.6. The average Bonchev–Trinajstić information content (AvgIpc) is 3.07. The minimum Gasteiger partial charge on any atom is -0.507 e. The molecule has 0 radical (unpaired) electrons. The second-order valence-corrected chi connectivity index (χ2v) is 8.11. The Kier molecular flexibility index (Phi) is 4.93. The van der Waals surface area contributed by atoms with Gasteiger partial charge in [0.25, 0.3) is 0 Å². The van der Waals surface area contributed by atoms with E-state index < -0.39 is 53.1 Å². The van der Waals surface area contributed by atoms with Gasteiger partial charge in [0, 0.05) is 30.4 Å². The maximum absolute atomic E-state index is 11.9. The first kappa shape index (κ1) is 22.3. The standard InChI is InChI=1S/C22H20N2O9/c1-7(25)32-20-15-13(19(30)21(22(20,3)31)33-8(2)26)12-14(16(15)24-23)18(29)11-9(17(12)28)5-4-6-10(11)27/h4-6,19-21,27-31H,1-3H3/t19-,20+,21+,22+/m0/s1. The molecule has 2 aliphatic carbocycles. The van der Waals surface area contributed by atoms with Crippen molar-refractivity contribution in [2.75, 3.05) is 0 Å². The average molecular weight is 456 g/mol. The molecule has 0 saturated heterocycles. The zero-order valence-electron chi connectivity index (χ0n) is 17.7. The molecule has 4 atom stereocenters. The molecule has 11 nitrogen and oxygen atoms in total. The van der Waals surface area contributed by atoms with Crippen LogP contribution in [0.2, 0.25) is 0 Å². The Morgan fingerprint density at radius 1 is 1.03 bits per heavy atom. The molecule has 11 heteroatoms. The first-order chi connectivity index (χ1) is 15.4. The number of carbonyl (C=O) groups is 2. The van der Waals surface area contributed by atoms with E-state index in [0.29, 0.717) is 0 Å². The third kappa shape index (κ3) is 2.98. The first-order valence-corrected chi connectivity index (χ1v) is 9.85. The minimum atomic E-state index is -2.21. The summed E-state index contributed by atoms with van der Waals surface area (Å²) in [5.74, 6) is -3.17. The van der Waals surface area contributed by atoms with Gasteiger partial charge in [-0.15, -0.1) is 0 Å². The number of hydrogen-bond acceptors (Lipinski definition) is 9. The van der Waals surface area contributed by atoms with Gasteiger partial charge in [-0.1, -0.05) is 12.1 Å². The van der Waals surface area contributed by atoms with Gasteiger partial charge >= 0.3 is 17.7 Å². The van der Waals surface area contributed by atoms with Crippen molar-refractivity contribution in [3.63, 3.8) is 0 Å². The number of esters is 2. The van der Waals surface area contributed by atoms with Crippen LogP contribution in [0.25, 0.3) is 21.9 Å². The SMILES string of the molecule is CC(=O)O[C@@H]1C2=C(c3c(c(O)c4c(O)cccc4c3O)C2=[N+]=[N-])[C@H](O)[C@@H](OC(C)=O)[C@]1(C)O. The van der Waals surface area contributed by atoms with Crippen molar-refractivity contribution in [3.05, 3.63) is 40.4 Å². The minimum absolute atomic E-state index is 0.00916. The number of aliphatic hydroxyl groups is 2. The number of aliphatic hydroxyl groups excluding tert-OH is 1. The number of hydrogen-bond donors (Lipinski definition) is 5. The van der Waals surface area contributed by atoms with Gasteiger partial charge in [0.2, 0.25) is 0 Å². The van der Waals surface area contributed by atoms with Gasteiger partial charge in [-0.05, 0) is 13.0 Å². The maximum Gasteiger partial charge on any atom is 0.334 e. The molecule has 0 aromatic heterocycles. The van der Waals surface area contributed by atoms with E-state index >= 15 is 0 Å². The molecule has 0 saturated carbocycles. The summed E-state index contributed by atoms with van der Waals surface area (Å²) in [4.78, 5) is 26.8. The van der Waals surface area contributed by atoms with Crippen LogP contribution < -0.4 is 0 Å². The number of nitrogens with zero attached hydrogens (tertiary/aromatic N) is 2. The molecule has 0 aliphatic heterocycles. The summed E-state index contributed by atoms with van der Waals surface area (Å²) >= 11 is 0. The van der Waals surface area contributed by atoms with E-state index in [2.05, 4.69) is 4.79 Å². The van der Waals surface area contributed by atoms with Crippen LogP contribution in [0, 0.1) is 0 Å². The van der Waals surface area contributed by atoms with Crippen molar-refractivity contribution >= 4 is 34.0 Å². The molecule has 2 aromatic carbocycles. The Morgan fingerprint density at radius 3 is 2.24 bits per heavy atom. The van der Waals surface area contributed by atoms with Gasteiger partial charge in [0.05, 0.1) is 11.0 Å². The van der Waals surface area contributed by atoms with Gasteiger partial charge in [0.1, 0.15) is 34.5 Å². The van der Waals surface area contributed by atoms with Crippen LogP contribution in [0.1, 0.15) is 31.9 Å². The number of ether oxygens (including phenoxy) is 2. The number of aromatic hydroxyl groups is 3. The van der Waals surface area contributed by atoms with E-state index in [-0.39, 0.29) is 38.8 Å². The Balaban J connectivity index is 2.14. The highest BCUT2D eigenvalue weighted by Gasteiger charge is 2.61. The van der Waals surface area contributed by atoms with Crippen LogP contribution in [0.5, 0.6) is 17.2 Å². The highest BCUT2D eigenvalue weighted by atomic mass is 16.6. The Bertz CT molecular complexity index is 1320. The van der Waals surface area contributed by atoms with Crippen molar-refractivity contribution in [1.82, 2.24) is 0 Å². The Labute approximate surface area is 186 Å². The lowest BCUT2D eigenvalue weighted by Crippen LogP contribution is -2.61. The molecule has 0 unspecified atom stereocenters. The van der Waals surface area contributed by atoms with Crippen LogP contribution in [0.3, 0.4) is 0 Å². The number of carbonyl (C=O) groups excluding carboxylic acids is 2. The van der Waals surface area contributed by atoms with E-state index in [9.17, 15) is 40.7 Å². The van der Waals surface area contributed by atoms with Gasteiger partial charge in [-0.3, -0.25) is 9.59 Å². The fourth-order valence-electron chi connectivity index (χ4n) is 4.67. The van der Waals surface area contributed by atoms with E-state index in [1.165, 1.54) is 18.2 Å². The summed E-state index contributed by atoms with van der Waals surface area (Å²) < 4.78 is 10.4. The predicted molar refractivity (Wildman–Crippen MR) is 111 cm³/mol. The first-order valence-electron chi connectivity index (χ1n) is 9.85. The number of phenolic OH excluding ortho intramolecular Hbond substituents is 3. The summed E-state index contributed by atoms with van der Waals surface area (Å²) in [7, 11) is 0. The predicted octanol–water partition coefficient (Wildman–Crippen LogP) is 0.732. The van der Waals surface area contributed by atoms with Crippen molar-refractivity contribution < 1.29 is 49.4 Å². The Hall–Kier alpha value is -3.92. The van der Waals surface area contributed by atoms with Crippen LogP contribution in [0.4, 0.5) is 0 Å². The zero-order chi connectivity index (χ0) is 24.4. The summed E-state index contributed by atoms with van der Waals surface area (Å²) in [5.41, 5.74) is 6.37. The van der Waals surface area contributed by atoms with Crippen molar-refractivity contribution in [1.29, 1.82) is 0 Å². The molecule has 4 rings (SSSR count). The van der Waals surface area contributed by atoms with Gasteiger partial charge < -0.3 is 40.5 Å². The van der Waals surface area contributed by atoms with E-state index in [0.717, 1.165) is 20.8 Å². The molecule has 172 valence electrons. The Morgan fingerprint density at radius 2 is 1.67 bits per heavy atom. The van der Waals surface area contributed by atoms with E-state index in [1.807, 2.05) is 0 Å². The van der Waals surface area contributed by atoms with Gasteiger partial charge in [-0.25, -0.2) is 0 Å². The summed E-state index contributed by atoms with van der Waals surface area (Å²) in [6, 6.07) is 4.08. The molecular weight excluding hydrogens is 436 g/mol. The fourth-order valence-corrected chi connectivity index (χ4v) is 4.67. The van der Waals surface area contributed by atoms with Crippen LogP contribution in [0.15, 0.2) is 23.8 Å². The second kappa shape index (κ2) is 7.31. The van der Waals surface area contributed by atoms with Crippen molar-refractivity contribution in [3.8, 4) is 17.2 Å². The largest absolute Gasteiger partial charge is 0.507 e. The lowest BCUT2D eigenvalue weighted by atomic mass is 9.74. The summed E-state index contributed by atoms with van der Waals surface area (Å²) in [6.07, 6.45) is -5.08. The van der Waals surface area contributed by atoms with Crippen LogP contribution >= 0.6 is 0 Å². The van der Waals surface area contributed by atoms with E-state index in [1.54, 1.807) is 0 Å². The monoisotopic (exact) mass is 456 g/mol. The molecule has 0 heterocycles. The van der Waals surface area contributed by atoms with E-state index in [4.69, 9.17) is 9.47 Å². The molecule has 5 N–H and O–H groups in total. The lowest BCUT2D eigenvalue weighted by molar-refractivity contribution is -0.197. The molecule has 2 aliphatic rings. The molecular formula is C22H20N2O9. The fraction of sp³-hybridized carbons (Fsp3) is 0.318. The van der Waals surface area contributed by atoms with Crippen LogP contribution in [-0.4, -0.2) is 71.9 Å². The molecule has 0 amide bonds. The quantitative estimate of drug-likeness (QED) is 0.188. The topological polar surface area (TPSA) is 190 Å².